The molecule has 0 atom stereocenters. The standard InChI is InChI=1S/C16H19N5O4S/c1-4-5-13(14(22)10(2)8-17)19-16-15(20-26(23,24)21-16)18-9-12-7-6-11(3)25-12/h5-7,22H,4,9H2,1-3H3,(H,18,20)(H,19,21)/b13-5+,14-10-. The van der Waals surface area contributed by atoms with Crippen molar-refractivity contribution in [3.8, 4) is 6.07 Å². The van der Waals surface area contributed by atoms with Crippen LogP contribution >= 0.6 is 0 Å². The minimum absolute atomic E-state index is 0.0107. The molecule has 0 aliphatic carbocycles. The van der Waals surface area contributed by atoms with Crippen molar-refractivity contribution in [3.05, 3.63) is 46.8 Å². The maximum atomic E-state index is 11.8. The third kappa shape index (κ3) is 4.73. The smallest absolute Gasteiger partial charge is 0.345 e. The molecule has 0 radical (unpaired) electrons. The fraction of sp³-hybridized carbons (Fsp3) is 0.312. The highest BCUT2D eigenvalue weighted by molar-refractivity contribution is 7.89. The fourth-order valence-corrected chi connectivity index (χ4v) is 2.89. The van der Waals surface area contributed by atoms with E-state index < -0.39 is 10.2 Å². The third-order valence-corrected chi connectivity index (χ3v) is 4.16. The molecular formula is C16H19N5O4S. The molecule has 1 aliphatic rings. The van der Waals surface area contributed by atoms with Crippen molar-refractivity contribution in [2.75, 3.05) is 0 Å². The van der Waals surface area contributed by atoms with Crippen LogP contribution in [0.4, 0.5) is 0 Å². The lowest BCUT2D eigenvalue weighted by Crippen LogP contribution is -2.35. The topological polar surface area (TPSA) is 140 Å². The zero-order valence-electron chi connectivity index (χ0n) is 14.6. The average molecular weight is 377 g/mol. The number of nitrogens with zero attached hydrogens (tertiary/aromatic N) is 3. The van der Waals surface area contributed by atoms with Crippen molar-refractivity contribution in [2.45, 2.75) is 33.7 Å². The van der Waals surface area contributed by atoms with Gasteiger partial charge in [-0.25, -0.2) is 4.72 Å². The van der Waals surface area contributed by atoms with Crippen molar-refractivity contribution < 1.29 is 17.9 Å². The quantitative estimate of drug-likeness (QED) is 0.407. The summed E-state index contributed by atoms with van der Waals surface area (Å²) in [5, 5.41) is 21.8. The first-order valence-corrected chi connectivity index (χ1v) is 9.20. The summed E-state index contributed by atoms with van der Waals surface area (Å²) in [4.78, 5) is 4.17. The van der Waals surface area contributed by atoms with Gasteiger partial charge in [0.25, 0.3) is 0 Å². The van der Waals surface area contributed by atoms with Crippen LogP contribution in [0, 0.1) is 18.3 Å². The molecule has 1 aromatic rings. The summed E-state index contributed by atoms with van der Waals surface area (Å²) >= 11 is 0. The zero-order valence-corrected chi connectivity index (χ0v) is 15.4. The van der Waals surface area contributed by atoms with Crippen LogP contribution in [-0.4, -0.2) is 25.2 Å². The first-order valence-electron chi connectivity index (χ1n) is 7.76. The van der Waals surface area contributed by atoms with Gasteiger partial charge in [0.05, 0.1) is 23.9 Å². The van der Waals surface area contributed by atoms with Crippen LogP contribution in [0.15, 0.2) is 49.0 Å². The van der Waals surface area contributed by atoms with E-state index in [9.17, 15) is 13.5 Å². The van der Waals surface area contributed by atoms with Gasteiger partial charge in [0.2, 0.25) is 0 Å². The second kappa shape index (κ2) is 7.88. The van der Waals surface area contributed by atoms with E-state index in [2.05, 4.69) is 19.4 Å². The van der Waals surface area contributed by atoms with Gasteiger partial charge < -0.3 is 14.8 Å². The predicted octanol–water partition coefficient (Wildman–Crippen LogP) is 1.97. The van der Waals surface area contributed by atoms with Crippen molar-refractivity contribution in [3.63, 3.8) is 0 Å². The molecule has 9 nitrogen and oxygen atoms in total. The molecule has 1 aromatic heterocycles. The molecule has 0 unspecified atom stereocenters. The van der Waals surface area contributed by atoms with E-state index >= 15 is 0 Å². The number of aryl methyl sites for hydroxylation is 1. The van der Waals surface area contributed by atoms with Gasteiger partial charge in [-0.1, -0.05) is 13.0 Å². The molecule has 0 fully saturated rings. The van der Waals surface area contributed by atoms with Crippen LogP contribution < -0.4 is 10.0 Å². The lowest BCUT2D eigenvalue weighted by Gasteiger charge is -2.10. The van der Waals surface area contributed by atoms with Gasteiger partial charge in [0, 0.05) is 0 Å². The average Bonchev–Trinajstić information content (AvgIpc) is 3.13. The monoisotopic (exact) mass is 377 g/mol. The maximum absolute atomic E-state index is 11.8. The number of aliphatic hydroxyl groups excluding tert-OH is 1. The second-order valence-corrected chi connectivity index (χ2v) is 6.77. The Bertz CT molecular complexity index is 961. The van der Waals surface area contributed by atoms with Gasteiger partial charge in [0.1, 0.15) is 11.5 Å². The number of amidine groups is 2. The van der Waals surface area contributed by atoms with E-state index in [1.165, 1.54) is 6.92 Å². The molecule has 2 heterocycles. The number of nitrogens with one attached hydrogen (secondary N) is 2. The Hall–Kier alpha value is -3.06. The van der Waals surface area contributed by atoms with E-state index in [0.717, 1.165) is 5.76 Å². The Balaban J connectivity index is 2.31. The molecule has 0 spiro atoms. The Morgan fingerprint density at radius 3 is 2.85 bits per heavy atom. The Labute approximate surface area is 151 Å². The SMILES string of the molecule is CC/C=C(NC1=NS(=O)(=O)NC1=NCc1ccc(C)o1)\C(O)=C(/C)C#N. The van der Waals surface area contributed by atoms with Crippen LogP contribution in [0.3, 0.4) is 0 Å². The third-order valence-electron chi connectivity index (χ3n) is 3.29. The van der Waals surface area contributed by atoms with E-state index in [4.69, 9.17) is 9.68 Å². The molecule has 10 heteroatoms. The molecule has 3 N–H and O–H groups in total. The highest BCUT2D eigenvalue weighted by atomic mass is 32.2. The Morgan fingerprint density at radius 2 is 2.27 bits per heavy atom. The summed E-state index contributed by atoms with van der Waals surface area (Å²) in [5.74, 6) is 0.901. The number of hydrogen-bond donors (Lipinski definition) is 3. The van der Waals surface area contributed by atoms with Gasteiger partial charge in [0.15, 0.2) is 17.4 Å². The molecule has 0 aromatic carbocycles. The van der Waals surface area contributed by atoms with Crippen LogP contribution in [0.5, 0.6) is 0 Å². The van der Waals surface area contributed by atoms with Crippen LogP contribution in [-0.2, 0) is 16.8 Å². The second-order valence-electron chi connectivity index (χ2n) is 5.43. The Morgan fingerprint density at radius 1 is 1.54 bits per heavy atom. The molecule has 1 aliphatic heterocycles. The van der Waals surface area contributed by atoms with Crippen molar-refractivity contribution in [2.24, 2.45) is 9.39 Å². The number of hydrogen-bond acceptors (Lipinski definition) is 7. The number of furan rings is 1. The largest absolute Gasteiger partial charge is 0.505 e. The highest BCUT2D eigenvalue weighted by Crippen LogP contribution is 2.13. The minimum Gasteiger partial charge on any atom is -0.505 e. The molecule has 0 saturated heterocycles. The maximum Gasteiger partial charge on any atom is 0.345 e. The van der Waals surface area contributed by atoms with E-state index in [1.54, 1.807) is 25.1 Å². The molecule has 26 heavy (non-hydrogen) atoms. The molecule has 2 rings (SSSR count). The normalized spacial score (nSPS) is 18.8. The summed E-state index contributed by atoms with van der Waals surface area (Å²) in [6.07, 6.45) is 2.15. The first kappa shape index (κ1) is 19.3. The number of aliphatic imine (C=N–C) groups is 1. The van der Waals surface area contributed by atoms with Crippen molar-refractivity contribution in [1.82, 2.24) is 10.0 Å². The predicted molar refractivity (Wildman–Crippen MR) is 96.5 cm³/mol. The fourth-order valence-electron chi connectivity index (χ4n) is 2.07. The van der Waals surface area contributed by atoms with E-state index in [0.29, 0.717) is 12.2 Å². The lowest BCUT2D eigenvalue weighted by atomic mass is 10.2. The summed E-state index contributed by atoms with van der Waals surface area (Å²) in [5.41, 5.74) is 0.252. The Kier molecular flexibility index (Phi) is 5.84. The molecular weight excluding hydrogens is 358 g/mol. The van der Waals surface area contributed by atoms with Crippen LogP contribution in [0.1, 0.15) is 31.8 Å². The molecule has 0 saturated carbocycles. The van der Waals surface area contributed by atoms with E-state index in [1.807, 2.05) is 13.0 Å². The lowest BCUT2D eigenvalue weighted by molar-refractivity contribution is 0.414. The summed E-state index contributed by atoms with van der Waals surface area (Å²) < 4.78 is 34.7. The molecule has 0 bridgehead atoms. The summed E-state index contributed by atoms with van der Waals surface area (Å²) in [7, 11) is -3.93. The van der Waals surface area contributed by atoms with Crippen molar-refractivity contribution in [1.29, 1.82) is 5.26 Å². The van der Waals surface area contributed by atoms with Crippen molar-refractivity contribution >= 4 is 21.9 Å². The van der Waals surface area contributed by atoms with Crippen LogP contribution in [0.25, 0.3) is 0 Å². The molecule has 0 amide bonds. The summed E-state index contributed by atoms with van der Waals surface area (Å²) in [6.45, 7) is 5.17. The van der Waals surface area contributed by atoms with Gasteiger partial charge in [-0.05, 0) is 32.4 Å². The highest BCUT2D eigenvalue weighted by Gasteiger charge is 2.27. The number of allylic oxidation sites excluding steroid dienone is 2. The minimum atomic E-state index is -3.93. The van der Waals surface area contributed by atoms with Gasteiger partial charge in [-0.2, -0.15) is 13.7 Å². The van der Waals surface area contributed by atoms with E-state index in [-0.39, 0.29) is 35.2 Å². The molecule has 138 valence electrons. The number of rotatable bonds is 5. The first-order chi connectivity index (χ1) is 12.3. The zero-order chi connectivity index (χ0) is 19.3. The van der Waals surface area contributed by atoms with Crippen LogP contribution in [0.2, 0.25) is 0 Å². The van der Waals surface area contributed by atoms with Gasteiger partial charge >= 0.3 is 10.2 Å². The summed E-state index contributed by atoms with van der Waals surface area (Å²) in [6, 6.07) is 5.35. The number of aliphatic hydroxyl groups is 1. The van der Waals surface area contributed by atoms with Gasteiger partial charge in [-0.15, -0.1) is 4.40 Å². The van der Waals surface area contributed by atoms with Gasteiger partial charge in [-0.3, -0.25) is 4.99 Å². The number of nitriles is 1.